The summed E-state index contributed by atoms with van der Waals surface area (Å²) in [6.07, 6.45) is 7.25. The summed E-state index contributed by atoms with van der Waals surface area (Å²) in [5, 5.41) is 0. The summed E-state index contributed by atoms with van der Waals surface area (Å²) in [5.74, 6) is 0. The maximum Gasteiger partial charge on any atom is 0.0578 e. The molecular weight excluding hydrogens is 677 g/mol. The molecule has 0 radical (unpaired) electrons. The Morgan fingerprint density at radius 3 is 1.21 bits per heavy atom. The predicted octanol–water partition coefficient (Wildman–Crippen LogP) is 13.6. The zero-order valence-electron chi connectivity index (χ0n) is 22.7. The van der Waals surface area contributed by atoms with Crippen molar-refractivity contribution in [3.05, 3.63) is 153 Å². The van der Waals surface area contributed by atoms with Crippen molar-refractivity contribution in [1.82, 2.24) is 0 Å². The van der Waals surface area contributed by atoms with Crippen molar-refractivity contribution in [3.8, 4) is 0 Å². The summed E-state index contributed by atoms with van der Waals surface area (Å²) in [6.45, 7) is 2.16. The van der Waals surface area contributed by atoms with E-state index in [9.17, 15) is 0 Å². The Bertz CT molecular complexity index is 1770. The lowest BCUT2D eigenvalue weighted by Crippen LogP contribution is -1.85. The van der Waals surface area contributed by atoms with E-state index >= 15 is 0 Å². The molecule has 4 aliphatic rings. The van der Waals surface area contributed by atoms with Crippen LogP contribution in [0.1, 0.15) is 11.1 Å². The van der Waals surface area contributed by atoms with Gasteiger partial charge in [-0.1, -0.05) is 160 Å². The largest absolute Gasteiger partial charge is 0.0815 e. The number of hydrogen-bond donors (Lipinski definition) is 0. The smallest absolute Gasteiger partial charge is 0.0578 e. The lowest BCUT2D eigenvalue weighted by Gasteiger charge is -2.09. The molecule has 0 spiro atoms. The second-order valence-electron chi connectivity index (χ2n) is 9.84. The molecule has 0 nitrogen and oxygen atoms in total. The normalized spacial score (nSPS) is 16.9. The molecule has 4 aromatic rings. The Hall–Kier alpha value is -1.62. The van der Waals surface area contributed by atoms with Crippen LogP contribution < -0.4 is 0 Å². The third kappa shape index (κ3) is 6.27. The van der Waals surface area contributed by atoms with Gasteiger partial charge in [0.1, 0.15) is 0 Å². The van der Waals surface area contributed by atoms with Gasteiger partial charge < -0.3 is 0 Å². The molecule has 0 amide bonds. The molecule has 0 aromatic heterocycles. The van der Waals surface area contributed by atoms with Crippen LogP contribution in [0.3, 0.4) is 0 Å². The van der Waals surface area contributed by atoms with E-state index in [1.165, 1.54) is 72.8 Å². The van der Waals surface area contributed by atoms with Gasteiger partial charge in [-0.05, 0) is 67.1 Å². The van der Waals surface area contributed by atoms with Gasteiger partial charge in [0.05, 0.1) is 16.9 Å². The average Bonchev–Trinajstić information content (AvgIpc) is 3.81. The molecule has 4 aromatic carbocycles. The second-order valence-corrected chi connectivity index (χ2v) is 19.5. The molecule has 210 valence electrons. The second kappa shape index (κ2) is 12.6. The molecule has 0 atom stereocenters. The van der Waals surface area contributed by atoms with E-state index in [1.807, 2.05) is 94.1 Å². The number of aryl methyl sites for hydroxylation is 1. The zero-order valence-corrected chi connectivity index (χ0v) is 29.3. The molecule has 0 unspecified atom stereocenters. The number of rotatable bonds is 4. The maximum absolute atomic E-state index is 2.42. The van der Waals surface area contributed by atoms with Crippen LogP contribution in [0.4, 0.5) is 0 Å². The Kier molecular flexibility index (Phi) is 8.48. The van der Waals surface area contributed by atoms with Gasteiger partial charge in [-0.2, -0.15) is 0 Å². The van der Waals surface area contributed by atoms with Crippen LogP contribution in [-0.4, -0.2) is 0 Å². The summed E-state index contributed by atoms with van der Waals surface area (Å²) in [6, 6.07) is 35.2. The predicted molar refractivity (Wildman–Crippen MR) is 199 cm³/mol. The van der Waals surface area contributed by atoms with E-state index in [-0.39, 0.29) is 0 Å². The molecule has 43 heavy (non-hydrogen) atoms. The van der Waals surface area contributed by atoms with Crippen molar-refractivity contribution in [2.24, 2.45) is 0 Å². The lowest BCUT2D eigenvalue weighted by molar-refractivity contribution is 1.27. The fourth-order valence-corrected chi connectivity index (χ4v) is 14.7. The average molecular weight is 699 g/mol. The molecule has 0 aliphatic carbocycles. The number of thioether (sulfide) groups is 8. The number of benzene rings is 4. The highest BCUT2D eigenvalue weighted by molar-refractivity contribution is 8.29. The lowest BCUT2D eigenvalue weighted by atomic mass is 10.1. The van der Waals surface area contributed by atoms with Crippen molar-refractivity contribution >= 4 is 99.7 Å². The van der Waals surface area contributed by atoms with Crippen molar-refractivity contribution in [1.29, 1.82) is 0 Å². The molecular formula is C35H22S8. The van der Waals surface area contributed by atoms with E-state index in [4.69, 9.17) is 0 Å². The van der Waals surface area contributed by atoms with Crippen LogP contribution in [0.25, 0.3) is 5.57 Å². The first-order valence-electron chi connectivity index (χ1n) is 13.6. The summed E-state index contributed by atoms with van der Waals surface area (Å²) >= 11 is 15.1. The number of hydrogen-bond acceptors (Lipinski definition) is 8. The fraction of sp³-hybridized carbons (Fsp3) is 0.0286. The van der Waals surface area contributed by atoms with Crippen LogP contribution in [0.5, 0.6) is 0 Å². The summed E-state index contributed by atoms with van der Waals surface area (Å²) in [5.41, 5.74) is 3.84. The first kappa shape index (κ1) is 28.8. The number of fused-ring (bicyclic) bond motifs is 3. The minimum atomic E-state index is 1.26. The van der Waals surface area contributed by atoms with E-state index in [1.54, 1.807) is 0 Å². The highest BCUT2D eigenvalue weighted by Crippen LogP contribution is 2.60. The van der Waals surface area contributed by atoms with Crippen LogP contribution in [0.15, 0.2) is 171 Å². The van der Waals surface area contributed by atoms with E-state index < -0.39 is 0 Å². The molecule has 4 aliphatic heterocycles. The minimum Gasteiger partial charge on any atom is -0.0815 e. The molecule has 8 rings (SSSR count). The first-order valence-corrected chi connectivity index (χ1v) is 20.1. The van der Waals surface area contributed by atoms with Crippen LogP contribution in [0, 0.1) is 6.92 Å². The Labute approximate surface area is 286 Å². The summed E-state index contributed by atoms with van der Waals surface area (Å²) in [7, 11) is 0. The van der Waals surface area contributed by atoms with Crippen LogP contribution in [-0.2, 0) is 0 Å². The standard InChI is InChI=1S/C35H22S8/c1-21-14-16-22(17-15-21)23(18-32-36-24-8-2-3-9-25(24)37-32)35-42-30(19-33-38-26-10-4-5-11-27(26)39-33)31(43-35)20-34-40-28-12-6-7-13-29(28)41-34/h2-20H,1H3. The van der Waals surface area contributed by atoms with Crippen LogP contribution in [0.2, 0.25) is 0 Å². The van der Waals surface area contributed by atoms with Gasteiger partial charge >= 0.3 is 0 Å². The van der Waals surface area contributed by atoms with Gasteiger partial charge in [0.2, 0.25) is 0 Å². The van der Waals surface area contributed by atoms with E-state index in [2.05, 4.69) is 122 Å². The third-order valence-electron chi connectivity index (χ3n) is 6.80. The monoisotopic (exact) mass is 698 g/mol. The Morgan fingerprint density at radius 1 is 0.442 bits per heavy atom. The van der Waals surface area contributed by atoms with Gasteiger partial charge in [-0.15, -0.1) is 0 Å². The van der Waals surface area contributed by atoms with Crippen molar-refractivity contribution in [2.75, 3.05) is 0 Å². The Balaban J connectivity index is 1.19. The van der Waals surface area contributed by atoms with Gasteiger partial charge in [0, 0.05) is 44.8 Å². The highest BCUT2D eigenvalue weighted by Gasteiger charge is 2.27. The fourth-order valence-electron chi connectivity index (χ4n) is 4.70. The summed E-state index contributed by atoms with van der Waals surface area (Å²) < 4.78 is 5.34. The van der Waals surface area contributed by atoms with Crippen LogP contribution >= 0.6 is 94.1 Å². The molecule has 8 heteroatoms. The Morgan fingerprint density at radius 2 is 0.814 bits per heavy atom. The minimum absolute atomic E-state index is 1.26. The van der Waals surface area contributed by atoms with Crippen molar-refractivity contribution in [2.45, 2.75) is 36.3 Å². The van der Waals surface area contributed by atoms with E-state index in [0.717, 1.165) is 0 Å². The zero-order chi connectivity index (χ0) is 28.8. The SMILES string of the molecule is Cc1ccc(C(C=C2Sc3ccccc3S2)=C2SC(C=C3Sc4ccccc4S3)=C(C=C3Sc4ccccc4S3)S2)cc1. The summed E-state index contributed by atoms with van der Waals surface area (Å²) in [4.78, 5) is 10.7. The molecule has 0 saturated carbocycles. The van der Waals surface area contributed by atoms with Gasteiger partial charge in [-0.25, -0.2) is 0 Å². The van der Waals surface area contributed by atoms with Gasteiger partial charge in [0.25, 0.3) is 0 Å². The maximum atomic E-state index is 2.42. The van der Waals surface area contributed by atoms with Gasteiger partial charge in [-0.3, -0.25) is 0 Å². The molecule has 0 fully saturated rings. The number of allylic oxidation sites excluding steroid dienone is 4. The van der Waals surface area contributed by atoms with Gasteiger partial charge in [0.15, 0.2) is 0 Å². The van der Waals surface area contributed by atoms with Crippen molar-refractivity contribution in [3.63, 3.8) is 0 Å². The molecule has 4 heterocycles. The quantitative estimate of drug-likeness (QED) is 0.204. The highest BCUT2D eigenvalue weighted by atomic mass is 32.2. The van der Waals surface area contributed by atoms with Crippen molar-refractivity contribution < 1.29 is 0 Å². The first-order chi connectivity index (χ1) is 21.1. The molecule has 0 saturated heterocycles. The third-order valence-corrected chi connectivity index (χ3v) is 16.6. The van der Waals surface area contributed by atoms with E-state index in [0.29, 0.717) is 0 Å². The molecule has 0 bridgehead atoms. The molecule has 0 N–H and O–H groups in total. The topological polar surface area (TPSA) is 0 Å².